The van der Waals surface area contributed by atoms with Gasteiger partial charge in [0.1, 0.15) is 0 Å². The molecule has 2 rings (SSSR count). The van der Waals surface area contributed by atoms with E-state index in [2.05, 4.69) is 17.3 Å². The van der Waals surface area contributed by atoms with Crippen LogP contribution in [-0.2, 0) is 10.0 Å². The van der Waals surface area contributed by atoms with Crippen LogP contribution in [-0.4, -0.2) is 69.2 Å². The number of hydrogen-bond acceptors (Lipinski definition) is 4. The van der Waals surface area contributed by atoms with Gasteiger partial charge in [0.15, 0.2) is 0 Å². The first-order valence-corrected chi connectivity index (χ1v) is 8.08. The summed E-state index contributed by atoms with van der Waals surface area (Å²) in [5.74, 6) is 0.275. The lowest BCUT2D eigenvalue weighted by Gasteiger charge is -2.22. The van der Waals surface area contributed by atoms with Crippen molar-refractivity contribution < 1.29 is 8.42 Å². The molecule has 2 aliphatic heterocycles. The molecule has 0 radical (unpaired) electrons. The van der Waals surface area contributed by atoms with Crippen LogP contribution in [0.5, 0.6) is 0 Å². The molecule has 0 amide bonds. The first-order valence-electron chi connectivity index (χ1n) is 6.48. The quantitative estimate of drug-likeness (QED) is 0.758. The van der Waals surface area contributed by atoms with Gasteiger partial charge >= 0.3 is 0 Å². The highest BCUT2D eigenvalue weighted by Crippen LogP contribution is 2.13. The molecule has 2 heterocycles. The molecule has 0 aliphatic carbocycles. The molecule has 2 fully saturated rings. The van der Waals surface area contributed by atoms with Gasteiger partial charge in [-0.1, -0.05) is 0 Å². The van der Waals surface area contributed by atoms with Gasteiger partial charge in [-0.25, -0.2) is 12.7 Å². The zero-order valence-electron chi connectivity index (χ0n) is 10.6. The van der Waals surface area contributed by atoms with E-state index in [4.69, 9.17) is 0 Å². The summed E-state index contributed by atoms with van der Waals surface area (Å²) < 4.78 is 26.2. The molecule has 2 saturated heterocycles. The maximum atomic E-state index is 12.3. The summed E-state index contributed by atoms with van der Waals surface area (Å²) in [6.45, 7) is 4.12. The summed E-state index contributed by atoms with van der Waals surface area (Å²) in [7, 11) is -1.02. The average Bonchev–Trinajstić information content (AvgIpc) is 2.64. The lowest BCUT2D eigenvalue weighted by molar-refractivity contribution is 0.347. The van der Waals surface area contributed by atoms with Crippen molar-refractivity contribution in [3.05, 3.63) is 0 Å². The number of nitrogens with one attached hydrogen (secondary N) is 1. The summed E-state index contributed by atoms with van der Waals surface area (Å²) in [6.07, 6.45) is 3.03. The summed E-state index contributed by atoms with van der Waals surface area (Å²) in [5.41, 5.74) is 0. The Morgan fingerprint density at radius 3 is 2.71 bits per heavy atom. The minimum atomic E-state index is -3.07. The van der Waals surface area contributed by atoms with Crippen molar-refractivity contribution in [2.24, 2.45) is 0 Å². The number of nitrogens with zero attached hydrogens (tertiary/aromatic N) is 2. The molecule has 0 spiro atoms. The van der Waals surface area contributed by atoms with Gasteiger partial charge < -0.3 is 10.2 Å². The molecular formula is C11H23N3O2S. The second kappa shape index (κ2) is 5.65. The molecule has 0 aromatic heterocycles. The lowest BCUT2D eigenvalue weighted by atomic mass is 10.3. The first-order chi connectivity index (χ1) is 8.08. The fraction of sp³-hybridized carbons (Fsp3) is 1.00. The molecule has 17 heavy (non-hydrogen) atoms. The highest BCUT2D eigenvalue weighted by atomic mass is 32.2. The van der Waals surface area contributed by atoms with E-state index in [0.29, 0.717) is 13.1 Å². The van der Waals surface area contributed by atoms with E-state index in [-0.39, 0.29) is 11.8 Å². The van der Waals surface area contributed by atoms with Gasteiger partial charge in [-0.05, 0) is 39.4 Å². The van der Waals surface area contributed by atoms with Crippen LogP contribution in [0.15, 0.2) is 0 Å². The van der Waals surface area contributed by atoms with Crippen LogP contribution in [0.25, 0.3) is 0 Å². The van der Waals surface area contributed by atoms with Crippen molar-refractivity contribution in [1.29, 1.82) is 0 Å². The van der Waals surface area contributed by atoms with Gasteiger partial charge in [0, 0.05) is 25.7 Å². The van der Waals surface area contributed by atoms with Gasteiger partial charge in [0.05, 0.1) is 5.75 Å². The third-order valence-electron chi connectivity index (χ3n) is 3.65. The molecule has 1 unspecified atom stereocenters. The molecule has 1 N–H and O–H groups in total. The van der Waals surface area contributed by atoms with E-state index >= 15 is 0 Å². The van der Waals surface area contributed by atoms with Crippen LogP contribution in [0, 0.1) is 0 Å². The average molecular weight is 261 g/mol. The predicted molar refractivity (Wildman–Crippen MR) is 68.5 cm³/mol. The number of likely N-dealkylation sites (N-methyl/N-ethyl adjacent to an activating group) is 1. The maximum absolute atomic E-state index is 12.3. The zero-order chi connectivity index (χ0) is 12.3. The van der Waals surface area contributed by atoms with Crippen LogP contribution in [0.3, 0.4) is 0 Å². The number of rotatable bonds is 3. The van der Waals surface area contributed by atoms with Crippen molar-refractivity contribution >= 4 is 10.0 Å². The minimum absolute atomic E-state index is 0.168. The third-order valence-corrected chi connectivity index (χ3v) is 5.62. The van der Waals surface area contributed by atoms with E-state index in [1.165, 1.54) is 0 Å². The lowest BCUT2D eigenvalue weighted by Crippen LogP contribution is -2.41. The first kappa shape index (κ1) is 13.3. The molecule has 5 nitrogen and oxygen atoms in total. The molecule has 2 aliphatic rings. The summed E-state index contributed by atoms with van der Waals surface area (Å²) in [6, 6.07) is 0.168. The van der Waals surface area contributed by atoms with E-state index in [9.17, 15) is 8.42 Å². The monoisotopic (exact) mass is 261 g/mol. The standard InChI is InChI=1S/C11H23N3O2S/c1-13-6-3-7-14(9-8-13)17(15,16)10-11-4-2-5-12-11/h11-12H,2-10H2,1H3. The molecule has 1 atom stereocenters. The Morgan fingerprint density at radius 1 is 1.18 bits per heavy atom. The Bertz CT molecular complexity index is 339. The van der Waals surface area contributed by atoms with Crippen LogP contribution in [0.4, 0.5) is 0 Å². The minimum Gasteiger partial charge on any atom is -0.313 e. The Balaban J connectivity index is 1.93. The number of hydrogen-bond donors (Lipinski definition) is 1. The smallest absolute Gasteiger partial charge is 0.215 e. The molecule has 0 saturated carbocycles. The molecule has 0 aromatic carbocycles. The Morgan fingerprint density at radius 2 is 2.00 bits per heavy atom. The van der Waals surface area contributed by atoms with Crippen molar-refractivity contribution in [1.82, 2.24) is 14.5 Å². The zero-order valence-corrected chi connectivity index (χ0v) is 11.4. The summed E-state index contributed by atoms with van der Waals surface area (Å²) in [4.78, 5) is 2.20. The largest absolute Gasteiger partial charge is 0.313 e. The second-order valence-electron chi connectivity index (χ2n) is 5.13. The van der Waals surface area contributed by atoms with E-state index in [0.717, 1.165) is 38.9 Å². The Kier molecular flexibility index (Phi) is 4.41. The maximum Gasteiger partial charge on any atom is 0.215 e. The van der Waals surface area contributed by atoms with Crippen LogP contribution < -0.4 is 5.32 Å². The fourth-order valence-corrected chi connectivity index (χ4v) is 4.33. The van der Waals surface area contributed by atoms with Gasteiger partial charge in [0.25, 0.3) is 0 Å². The van der Waals surface area contributed by atoms with Gasteiger partial charge in [-0.2, -0.15) is 0 Å². The highest BCUT2D eigenvalue weighted by molar-refractivity contribution is 7.89. The summed E-state index contributed by atoms with van der Waals surface area (Å²) in [5, 5.41) is 3.26. The van der Waals surface area contributed by atoms with Crippen LogP contribution in [0.1, 0.15) is 19.3 Å². The van der Waals surface area contributed by atoms with Crippen molar-refractivity contribution in [2.75, 3.05) is 45.5 Å². The molecule has 0 bridgehead atoms. The van der Waals surface area contributed by atoms with Crippen molar-refractivity contribution in [2.45, 2.75) is 25.3 Å². The highest BCUT2D eigenvalue weighted by Gasteiger charge is 2.28. The Labute approximate surface area is 104 Å². The van der Waals surface area contributed by atoms with E-state index in [1.54, 1.807) is 4.31 Å². The molecule has 0 aromatic rings. The predicted octanol–water partition coefficient (Wildman–Crippen LogP) is -0.294. The molecule has 100 valence electrons. The Hall–Kier alpha value is -0.170. The topological polar surface area (TPSA) is 52.7 Å². The van der Waals surface area contributed by atoms with Crippen LogP contribution in [0.2, 0.25) is 0 Å². The van der Waals surface area contributed by atoms with E-state index in [1.807, 2.05) is 0 Å². The SMILES string of the molecule is CN1CCCN(S(=O)(=O)CC2CCCN2)CC1. The number of sulfonamides is 1. The van der Waals surface area contributed by atoms with Gasteiger partial charge in [0.2, 0.25) is 10.0 Å². The third kappa shape index (κ3) is 3.64. The summed E-state index contributed by atoms with van der Waals surface area (Å²) >= 11 is 0. The van der Waals surface area contributed by atoms with E-state index < -0.39 is 10.0 Å². The van der Waals surface area contributed by atoms with Crippen LogP contribution >= 0.6 is 0 Å². The second-order valence-corrected chi connectivity index (χ2v) is 7.14. The molecule has 6 heteroatoms. The molecular weight excluding hydrogens is 238 g/mol. The van der Waals surface area contributed by atoms with Crippen molar-refractivity contribution in [3.63, 3.8) is 0 Å². The van der Waals surface area contributed by atoms with Gasteiger partial charge in [-0.15, -0.1) is 0 Å². The van der Waals surface area contributed by atoms with Crippen molar-refractivity contribution in [3.8, 4) is 0 Å². The van der Waals surface area contributed by atoms with Gasteiger partial charge in [-0.3, -0.25) is 0 Å². The fourth-order valence-electron chi connectivity index (χ4n) is 2.56. The normalized spacial score (nSPS) is 29.4.